The Morgan fingerprint density at radius 1 is 1.17 bits per heavy atom. The summed E-state index contributed by atoms with van der Waals surface area (Å²) in [7, 11) is -3.86. The van der Waals surface area contributed by atoms with Crippen LogP contribution in [0.5, 0.6) is 0 Å². The largest absolute Gasteiger partial charge is 0.309 e. The Hall–Kier alpha value is -3.30. The van der Waals surface area contributed by atoms with Gasteiger partial charge in [0.2, 0.25) is 15.9 Å². The molecule has 8 nitrogen and oxygen atoms in total. The van der Waals surface area contributed by atoms with Crippen LogP contribution in [0.4, 0.5) is 5.82 Å². The zero-order chi connectivity index (χ0) is 20.9. The molecule has 0 unspecified atom stereocenters. The van der Waals surface area contributed by atoms with Crippen LogP contribution in [0.1, 0.15) is 12.0 Å². The Labute approximate surface area is 173 Å². The number of aryl methyl sites for hydroxylation is 1. The van der Waals surface area contributed by atoms with Crippen molar-refractivity contribution in [2.24, 2.45) is 0 Å². The second kappa shape index (κ2) is 6.89. The average Bonchev–Trinajstić information content (AvgIpc) is 3.14. The predicted molar refractivity (Wildman–Crippen MR) is 114 cm³/mol. The van der Waals surface area contributed by atoms with E-state index in [1.165, 1.54) is 4.31 Å². The number of sulfonamides is 1. The van der Waals surface area contributed by atoms with Gasteiger partial charge in [0.25, 0.3) is 0 Å². The first-order valence-corrected chi connectivity index (χ1v) is 11.0. The van der Waals surface area contributed by atoms with Crippen molar-refractivity contribution in [3.05, 3.63) is 60.3 Å². The molecular weight excluding hydrogens is 402 g/mol. The van der Waals surface area contributed by atoms with Crippen LogP contribution in [0.15, 0.2) is 59.6 Å². The first-order valence-electron chi connectivity index (χ1n) is 9.56. The fourth-order valence-corrected chi connectivity index (χ4v) is 5.65. The molecule has 1 fully saturated rings. The number of nitrogens with zero attached hydrogens (tertiary/aromatic N) is 3. The van der Waals surface area contributed by atoms with Crippen molar-refractivity contribution in [2.45, 2.75) is 24.3 Å². The van der Waals surface area contributed by atoms with Gasteiger partial charge in [-0.25, -0.2) is 13.4 Å². The maximum atomic E-state index is 13.3. The molecule has 2 N–H and O–H groups in total. The van der Waals surface area contributed by atoms with Crippen LogP contribution in [0.2, 0.25) is 0 Å². The lowest BCUT2D eigenvalue weighted by atomic mass is 10.1. The van der Waals surface area contributed by atoms with Crippen molar-refractivity contribution in [1.29, 1.82) is 0 Å². The van der Waals surface area contributed by atoms with E-state index in [-0.39, 0.29) is 17.3 Å². The fraction of sp³-hybridized carbons (Fsp3) is 0.190. The fourth-order valence-electron chi connectivity index (χ4n) is 3.76. The minimum atomic E-state index is -3.86. The van der Waals surface area contributed by atoms with Crippen molar-refractivity contribution in [2.75, 3.05) is 11.9 Å². The molecule has 1 aliphatic heterocycles. The molecule has 1 atom stereocenters. The summed E-state index contributed by atoms with van der Waals surface area (Å²) in [4.78, 5) is 17.4. The average molecular weight is 421 g/mol. The van der Waals surface area contributed by atoms with Gasteiger partial charge in [-0.3, -0.25) is 9.89 Å². The normalized spacial score (nSPS) is 17.2. The number of para-hydroxylation sites is 1. The van der Waals surface area contributed by atoms with Gasteiger partial charge >= 0.3 is 0 Å². The third-order valence-electron chi connectivity index (χ3n) is 5.37. The second-order valence-corrected chi connectivity index (χ2v) is 9.25. The second-order valence-electron chi connectivity index (χ2n) is 7.40. The SMILES string of the molecule is Cc1cc(S(=O)(=O)N2CC[C@H]2C(=O)Nc2ccc3ccccc3n2)c2[nH]ncc2c1. The lowest BCUT2D eigenvalue weighted by molar-refractivity contribution is -0.122. The summed E-state index contributed by atoms with van der Waals surface area (Å²) >= 11 is 0. The monoisotopic (exact) mass is 421 g/mol. The zero-order valence-electron chi connectivity index (χ0n) is 16.2. The Morgan fingerprint density at radius 3 is 2.80 bits per heavy atom. The van der Waals surface area contributed by atoms with Crippen molar-refractivity contribution in [3.63, 3.8) is 0 Å². The van der Waals surface area contributed by atoms with Gasteiger partial charge in [0.1, 0.15) is 16.8 Å². The minimum absolute atomic E-state index is 0.135. The highest BCUT2D eigenvalue weighted by Crippen LogP contribution is 2.32. The topological polar surface area (TPSA) is 108 Å². The number of H-pyrrole nitrogens is 1. The smallest absolute Gasteiger partial charge is 0.245 e. The number of anilines is 1. The Balaban J connectivity index is 1.42. The van der Waals surface area contributed by atoms with E-state index >= 15 is 0 Å². The molecule has 0 spiro atoms. The van der Waals surface area contributed by atoms with Gasteiger partial charge in [-0.15, -0.1) is 0 Å². The number of pyridine rings is 1. The molecule has 1 amide bonds. The maximum absolute atomic E-state index is 13.3. The van der Waals surface area contributed by atoms with Gasteiger partial charge in [0.05, 0.1) is 17.2 Å². The van der Waals surface area contributed by atoms with E-state index in [0.29, 0.717) is 17.8 Å². The van der Waals surface area contributed by atoms with Crippen molar-refractivity contribution in [1.82, 2.24) is 19.5 Å². The molecule has 3 heterocycles. The van der Waals surface area contributed by atoms with Crippen LogP contribution in [0, 0.1) is 6.92 Å². The number of carbonyl (C=O) groups is 1. The molecule has 1 aliphatic rings. The summed E-state index contributed by atoms with van der Waals surface area (Å²) in [5.41, 5.74) is 2.02. The van der Waals surface area contributed by atoms with Gasteiger partial charge in [-0.1, -0.05) is 18.2 Å². The van der Waals surface area contributed by atoms with Crippen molar-refractivity contribution in [3.8, 4) is 0 Å². The third kappa shape index (κ3) is 3.03. The molecule has 0 saturated carbocycles. The van der Waals surface area contributed by atoms with Gasteiger partial charge in [0.15, 0.2) is 0 Å². The lowest BCUT2D eigenvalue weighted by Crippen LogP contribution is -2.56. The maximum Gasteiger partial charge on any atom is 0.245 e. The van der Waals surface area contributed by atoms with E-state index in [1.807, 2.05) is 43.3 Å². The molecule has 4 aromatic rings. The zero-order valence-corrected chi connectivity index (χ0v) is 17.0. The number of aromatic amines is 1. The predicted octanol–water partition coefficient (Wildman–Crippen LogP) is 2.82. The first-order chi connectivity index (χ1) is 14.4. The van der Waals surface area contributed by atoms with Crippen molar-refractivity contribution >= 4 is 43.6 Å². The van der Waals surface area contributed by atoms with E-state index in [9.17, 15) is 13.2 Å². The molecule has 2 aromatic heterocycles. The number of carbonyl (C=O) groups excluding carboxylic acids is 1. The van der Waals surface area contributed by atoms with E-state index in [0.717, 1.165) is 21.9 Å². The Kier molecular flexibility index (Phi) is 4.30. The van der Waals surface area contributed by atoms with Crippen LogP contribution in [0.3, 0.4) is 0 Å². The molecule has 2 aromatic carbocycles. The number of fused-ring (bicyclic) bond motifs is 2. The Bertz CT molecular complexity index is 1400. The van der Waals surface area contributed by atoms with Crippen LogP contribution >= 0.6 is 0 Å². The molecule has 5 rings (SSSR count). The van der Waals surface area contributed by atoms with E-state index in [2.05, 4.69) is 20.5 Å². The quantitative estimate of drug-likeness (QED) is 0.527. The number of hydrogen-bond acceptors (Lipinski definition) is 5. The van der Waals surface area contributed by atoms with E-state index in [4.69, 9.17) is 0 Å². The van der Waals surface area contributed by atoms with Crippen molar-refractivity contribution < 1.29 is 13.2 Å². The number of amides is 1. The molecule has 1 saturated heterocycles. The third-order valence-corrected chi connectivity index (χ3v) is 7.30. The summed E-state index contributed by atoms with van der Waals surface area (Å²) in [5.74, 6) is 0.00979. The van der Waals surface area contributed by atoms with Crippen LogP contribution in [-0.4, -0.2) is 46.4 Å². The lowest BCUT2D eigenvalue weighted by Gasteiger charge is -2.38. The van der Waals surface area contributed by atoms with Crippen LogP contribution in [-0.2, 0) is 14.8 Å². The molecule has 9 heteroatoms. The standard InChI is InChI=1S/C21H19N5O3S/c1-13-10-15-12-22-25-20(15)18(11-13)30(28,29)26-9-8-17(26)21(27)24-19-7-6-14-4-2-3-5-16(14)23-19/h2-7,10-12,17H,8-9H2,1H3,(H,22,25)(H,23,24,27)/t17-/m0/s1. The van der Waals surface area contributed by atoms with Gasteiger partial charge in [-0.05, 0) is 49.2 Å². The summed E-state index contributed by atoms with van der Waals surface area (Å²) in [6.45, 7) is 2.12. The number of aromatic nitrogens is 3. The van der Waals surface area contributed by atoms with Gasteiger partial charge < -0.3 is 5.32 Å². The molecule has 152 valence electrons. The van der Waals surface area contributed by atoms with Crippen LogP contribution < -0.4 is 5.32 Å². The molecule has 0 bridgehead atoms. The Morgan fingerprint density at radius 2 is 2.00 bits per heavy atom. The molecule has 0 radical (unpaired) electrons. The summed E-state index contributed by atoms with van der Waals surface area (Å²) in [6.07, 6.45) is 2.05. The first kappa shape index (κ1) is 18.7. The molecular formula is C21H19N5O3S. The van der Waals surface area contributed by atoms with E-state index < -0.39 is 16.1 Å². The summed E-state index contributed by atoms with van der Waals surface area (Å²) < 4.78 is 27.8. The van der Waals surface area contributed by atoms with Crippen LogP contribution in [0.25, 0.3) is 21.8 Å². The molecule has 0 aliphatic carbocycles. The highest BCUT2D eigenvalue weighted by atomic mass is 32.2. The van der Waals surface area contributed by atoms with Gasteiger partial charge in [0, 0.05) is 17.3 Å². The highest BCUT2D eigenvalue weighted by Gasteiger charge is 2.43. The number of rotatable bonds is 4. The number of benzene rings is 2. The number of nitrogens with one attached hydrogen (secondary N) is 2. The summed E-state index contributed by atoms with van der Waals surface area (Å²) in [6, 6.07) is 13.9. The molecule has 30 heavy (non-hydrogen) atoms. The van der Waals surface area contributed by atoms with E-state index in [1.54, 1.807) is 18.3 Å². The minimum Gasteiger partial charge on any atom is -0.309 e. The van der Waals surface area contributed by atoms with Gasteiger partial charge in [-0.2, -0.15) is 9.40 Å². The highest BCUT2D eigenvalue weighted by molar-refractivity contribution is 7.89. The number of hydrogen-bond donors (Lipinski definition) is 2. The summed E-state index contributed by atoms with van der Waals surface area (Å²) in [5, 5.41) is 11.2.